The highest BCUT2D eigenvalue weighted by Gasteiger charge is 2.35. The summed E-state index contributed by atoms with van der Waals surface area (Å²) in [5.41, 5.74) is 0. The second-order valence-electron chi connectivity index (χ2n) is 3.91. The third-order valence-electron chi connectivity index (χ3n) is 2.29. The number of alkyl halides is 3. The number of hydrogen-bond donors (Lipinski definition) is 1. The average molecular weight is 268 g/mol. The Morgan fingerprint density at radius 3 is 2.47 bits per heavy atom. The number of aromatic nitrogens is 2. The molecule has 8 heteroatoms. The van der Waals surface area contributed by atoms with Crippen LogP contribution in [0.3, 0.4) is 0 Å². The molecule has 1 rings (SSSR count). The predicted octanol–water partition coefficient (Wildman–Crippen LogP) is 2.31. The summed E-state index contributed by atoms with van der Waals surface area (Å²) < 4.78 is 36.7. The molecule has 1 aromatic rings. The van der Waals surface area contributed by atoms with Crippen LogP contribution in [0.25, 0.3) is 0 Å². The van der Waals surface area contributed by atoms with Crippen molar-refractivity contribution in [1.82, 2.24) is 15.1 Å². The van der Waals surface area contributed by atoms with Crippen molar-refractivity contribution in [3.8, 4) is 0 Å². The molecule has 0 aliphatic heterocycles. The second kappa shape index (κ2) is 5.63. The van der Waals surface area contributed by atoms with Gasteiger partial charge in [0.2, 0.25) is 10.1 Å². The van der Waals surface area contributed by atoms with E-state index in [4.69, 9.17) is 0 Å². The number of halogens is 3. The van der Waals surface area contributed by atoms with Crippen molar-refractivity contribution >= 4 is 16.5 Å². The smallest absolute Gasteiger partial charge is 0.359 e. The molecule has 0 spiro atoms. The summed E-state index contributed by atoms with van der Waals surface area (Å²) in [6, 6.07) is 0.400. The third-order valence-corrected chi connectivity index (χ3v) is 3.22. The van der Waals surface area contributed by atoms with Crippen molar-refractivity contribution in [3.05, 3.63) is 5.01 Å². The van der Waals surface area contributed by atoms with E-state index in [1.165, 1.54) is 0 Å². The summed E-state index contributed by atoms with van der Waals surface area (Å²) in [7, 11) is 1.95. The number of rotatable bonds is 5. The van der Waals surface area contributed by atoms with Crippen LogP contribution in [0.4, 0.5) is 18.3 Å². The first-order valence-electron chi connectivity index (χ1n) is 5.15. The Balaban J connectivity index is 2.41. The lowest BCUT2D eigenvalue weighted by atomic mass is 10.3. The topological polar surface area (TPSA) is 41.0 Å². The summed E-state index contributed by atoms with van der Waals surface area (Å²) in [6.45, 7) is 5.37. The Morgan fingerprint density at radius 1 is 1.35 bits per heavy atom. The Morgan fingerprint density at radius 2 is 2.00 bits per heavy atom. The van der Waals surface area contributed by atoms with Crippen molar-refractivity contribution in [2.45, 2.75) is 26.1 Å². The van der Waals surface area contributed by atoms with E-state index in [0.29, 0.717) is 23.9 Å². The van der Waals surface area contributed by atoms with Gasteiger partial charge in [-0.05, 0) is 20.9 Å². The first-order chi connectivity index (χ1) is 7.80. The zero-order valence-corrected chi connectivity index (χ0v) is 10.7. The molecule has 0 saturated heterocycles. The molecule has 0 aromatic carbocycles. The van der Waals surface area contributed by atoms with Gasteiger partial charge in [-0.25, -0.2) is 0 Å². The van der Waals surface area contributed by atoms with Crippen molar-refractivity contribution < 1.29 is 13.2 Å². The zero-order chi connectivity index (χ0) is 13.1. The molecule has 0 bridgehead atoms. The Hall–Kier alpha value is -0.890. The van der Waals surface area contributed by atoms with Crippen LogP contribution in [0.1, 0.15) is 18.9 Å². The lowest BCUT2D eigenvalue weighted by molar-refractivity contribution is -0.138. The van der Waals surface area contributed by atoms with Gasteiger partial charge in [-0.15, -0.1) is 10.2 Å². The molecular weight excluding hydrogens is 253 g/mol. The molecule has 17 heavy (non-hydrogen) atoms. The van der Waals surface area contributed by atoms with Crippen LogP contribution in [0.5, 0.6) is 0 Å². The Labute approximate surface area is 102 Å². The highest BCUT2D eigenvalue weighted by Crippen LogP contribution is 2.32. The van der Waals surface area contributed by atoms with Gasteiger partial charge in [0.05, 0.1) is 0 Å². The minimum absolute atomic E-state index is 0.203. The number of anilines is 1. The van der Waals surface area contributed by atoms with Crippen molar-refractivity contribution in [3.63, 3.8) is 0 Å². The van der Waals surface area contributed by atoms with Crippen LogP contribution in [-0.4, -0.2) is 41.3 Å². The van der Waals surface area contributed by atoms with E-state index >= 15 is 0 Å². The van der Waals surface area contributed by atoms with Gasteiger partial charge < -0.3 is 10.2 Å². The van der Waals surface area contributed by atoms with E-state index in [-0.39, 0.29) is 5.13 Å². The van der Waals surface area contributed by atoms with Crippen LogP contribution in [0.2, 0.25) is 0 Å². The fraction of sp³-hybridized carbons (Fsp3) is 0.778. The van der Waals surface area contributed by atoms with Crippen LogP contribution >= 0.6 is 11.3 Å². The van der Waals surface area contributed by atoms with Crippen molar-refractivity contribution in [1.29, 1.82) is 0 Å². The molecule has 1 N–H and O–H groups in total. The highest BCUT2D eigenvalue weighted by atomic mass is 32.1. The second-order valence-corrected chi connectivity index (χ2v) is 4.89. The molecule has 1 heterocycles. The molecular formula is C9H15F3N4S. The van der Waals surface area contributed by atoms with Crippen molar-refractivity contribution in [2.24, 2.45) is 0 Å². The van der Waals surface area contributed by atoms with E-state index in [0.717, 1.165) is 6.54 Å². The van der Waals surface area contributed by atoms with Crippen LogP contribution in [-0.2, 0) is 6.18 Å². The fourth-order valence-corrected chi connectivity index (χ4v) is 1.64. The molecule has 0 atom stereocenters. The lowest BCUT2D eigenvalue weighted by Gasteiger charge is -2.20. The summed E-state index contributed by atoms with van der Waals surface area (Å²) >= 11 is 0.523. The van der Waals surface area contributed by atoms with Crippen LogP contribution in [0, 0.1) is 0 Å². The van der Waals surface area contributed by atoms with Gasteiger partial charge in [0.1, 0.15) is 0 Å². The van der Waals surface area contributed by atoms with E-state index in [1.54, 1.807) is 0 Å². The monoisotopic (exact) mass is 268 g/mol. The van der Waals surface area contributed by atoms with Gasteiger partial charge >= 0.3 is 6.18 Å². The number of hydrogen-bond acceptors (Lipinski definition) is 5. The van der Waals surface area contributed by atoms with Gasteiger partial charge in [0.15, 0.2) is 0 Å². The molecule has 0 aliphatic rings. The Bertz CT molecular complexity index is 350. The average Bonchev–Trinajstić information content (AvgIpc) is 2.65. The van der Waals surface area contributed by atoms with Crippen LogP contribution in [0.15, 0.2) is 0 Å². The molecule has 0 radical (unpaired) electrons. The summed E-state index contributed by atoms with van der Waals surface area (Å²) in [6.07, 6.45) is -4.41. The SMILES string of the molecule is CC(C)N(C)CCNc1nnc(C(F)(F)F)s1. The summed E-state index contributed by atoms with van der Waals surface area (Å²) in [5.74, 6) is 0. The fourth-order valence-electron chi connectivity index (χ4n) is 1.01. The van der Waals surface area contributed by atoms with Gasteiger partial charge in [0.25, 0.3) is 0 Å². The van der Waals surface area contributed by atoms with E-state index in [1.807, 2.05) is 20.9 Å². The maximum absolute atomic E-state index is 12.2. The quantitative estimate of drug-likeness (QED) is 0.889. The van der Waals surface area contributed by atoms with Gasteiger partial charge in [-0.1, -0.05) is 11.3 Å². The molecule has 0 saturated carbocycles. The molecule has 4 nitrogen and oxygen atoms in total. The summed E-state index contributed by atoms with van der Waals surface area (Å²) in [4.78, 5) is 2.08. The van der Waals surface area contributed by atoms with Gasteiger partial charge in [-0.3, -0.25) is 0 Å². The molecule has 0 aliphatic carbocycles. The predicted molar refractivity (Wildman–Crippen MR) is 61.2 cm³/mol. The van der Waals surface area contributed by atoms with Gasteiger partial charge in [0, 0.05) is 19.1 Å². The first-order valence-corrected chi connectivity index (χ1v) is 5.97. The third kappa shape index (κ3) is 4.47. The largest absolute Gasteiger partial charge is 0.445 e. The van der Waals surface area contributed by atoms with E-state index < -0.39 is 11.2 Å². The molecule has 0 unspecified atom stereocenters. The zero-order valence-electron chi connectivity index (χ0n) is 9.88. The normalized spacial score (nSPS) is 12.5. The minimum atomic E-state index is -4.41. The molecule has 0 amide bonds. The minimum Gasteiger partial charge on any atom is -0.359 e. The maximum Gasteiger partial charge on any atom is 0.445 e. The van der Waals surface area contributed by atoms with E-state index in [2.05, 4.69) is 20.4 Å². The first kappa shape index (κ1) is 14.2. The van der Waals surface area contributed by atoms with Crippen molar-refractivity contribution in [2.75, 3.05) is 25.5 Å². The van der Waals surface area contributed by atoms with E-state index in [9.17, 15) is 13.2 Å². The molecule has 98 valence electrons. The Kier molecular flexibility index (Phi) is 4.70. The number of likely N-dealkylation sites (N-methyl/N-ethyl adjacent to an activating group) is 1. The van der Waals surface area contributed by atoms with Gasteiger partial charge in [-0.2, -0.15) is 13.2 Å². The van der Waals surface area contributed by atoms with Crippen LogP contribution < -0.4 is 5.32 Å². The summed E-state index contributed by atoms with van der Waals surface area (Å²) in [5, 5.41) is 8.64. The lowest BCUT2D eigenvalue weighted by Crippen LogP contribution is -2.31. The number of nitrogens with zero attached hydrogens (tertiary/aromatic N) is 3. The maximum atomic E-state index is 12.2. The standard InChI is InChI=1S/C9H15F3N4S/c1-6(2)16(3)5-4-13-8-15-14-7(17-8)9(10,11)12/h6H,4-5H2,1-3H3,(H,13,15). The highest BCUT2D eigenvalue weighted by molar-refractivity contribution is 7.15. The number of nitrogens with one attached hydrogen (secondary N) is 1. The molecule has 0 fully saturated rings. The molecule has 1 aromatic heterocycles.